The van der Waals surface area contributed by atoms with Crippen LogP contribution in [-0.4, -0.2) is 51.2 Å². The van der Waals surface area contributed by atoms with Crippen molar-refractivity contribution in [2.45, 2.75) is 51.4 Å². The van der Waals surface area contributed by atoms with E-state index in [1.54, 1.807) is 25.1 Å². The Balaban J connectivity index is 1.09. The second-order valence-corrected chi connectivity index (χ2v) is 9.37. The van der Waals surface area contributed by atoms with Crippen molar-refractivity contribution in [3.05, 3.63) is 71.5 Å². The number of hydrogen-bond donors (Lipinski definition) is 1. The number of halogens is 2. The van der Waals surface area contributed by atoms with Gasteiger partial charge in [0.2, 0.25) is 11.8 Å². The van der Waals surface area contributed by atoms with Gasteiger partial charge in [-0.05, 0) is 36.2 Å². The maximum Gasteiger partial charge on any atom is 0.286 e. The summed E-state index contributed by atoms with van der Waals surface area (Å²) in [4.78, 5) is 19.9. The Hall–Kier alpha value is -3.82. The standard InChI is InChI=1S/C26H28F2N6O2/c1-17(35)33-14-22-11-21(33)15-34(22)20-6-3-18(4-7-20)12-30-24-9-10-25(32-31-24)36-16-19-5-8-23(29-13-19)26(2,27)28/h3-10,13,21-22H,11-12,14-16H2,1-2H3,(H,30,31). The quantitative estimate of drug-likeness (QED) is 0.507. The van der Waals surface area contributed by atoms with Gasteiger partial charge in [-0.25, -0.2) is 0 Å². The van der Waals surface area contributed by atoms with Crippen LogP contribution in [0.2, 0.25) is 0 Å². The van der Waals surface area contributed by atoms with Gasteiger partial charge in [0.15, 0.2) is 0 Å². The minimum Gasteiger partial charge on any atom is -0.472 e. The van der Waals surface area contributed by atoms with E-state index < -0.39 is 5.92 Å². The van der Waals surface area contributed by atoms with Crippen LogP contribution in [0, 0.1) is 0 Å². The van der Waals surface area contributed by atoms with Crippen molar-refractivity contribution in [1.82, 2.24) is 20.1 Å². The van der Waals surface area contributed by atoms with Gasteiger partial charge in [0.05, 0.1) is 6.04 Å². The largest absolute Gasteiger partial charge is 0.472 e. The molecule has 3 aromatic rings. The van der Waals surface area contributed by atoms with Crippen molar-refractivity contribution >= 4 is 17.4 Å². The van der Waals surface area contributed by atoms with E-state index in [1.807, 2.05) is 4.90 Å². The van der Waals surface area contributed by atoms with Gasteiger partial charge in [-0.15, -0.1) is 10.2 Å². The molecule has 8 nitrogen and oxygen atoms in total. The number of amides is 1. The topological polar surface area (TPSA) is 83.5 Å². The molecule has 2 fully saturated rings. The Bertz CT molecular complexity index is 1200. The summed E-state index contributed by atoms with van der Waals surface area (Å²) in [6.45, 7) is 4.91. The lowest BCUT2D eigenvalue weighted by Gasteiger charge is -2.35. The average Bonchev–Trinajstić information content (AvgIpc) is 3.49. The van der Waals surface area contributed by atoms with Crippen molar-refractivity contribution in [3.63, 3.8) is 0 Å². The molecule has 1 amide bonds. The highest BCUT2D eigenvalue weighted by atomic mass is 19.3. The van der Waals surface area contributed by atoms with Gasteiger partial charge in [-0.1, -0.05) is 18.2 Å². The first-order valence-electron chi connectivity index (χ1n) is 11.9. The molecule has 2 aliphatic heterocycles. The number of aromatic nitrogens is 3. The third kappa shape index (κ3) is 5.22. The number of alkyl halides is 2. The monoisotopic (exact) mass is 494 g/mol. The van der Waals surface area contributed by atoms with E-state index >= 15 is 0 Å². The molecule has 2 atom stereocenters. The molecule has 2 aromatic heterocycles. The number of fused-ring (bicyclic) bond motifs is 2. The first kappa shape index (κ1) is 23.9. The first-order chi connectivity index (χ1) is 17.3. The molecule has 2 saturated heterocycles. The number of carbonyl (C=O) groups is 1. The molecule has 0 spiro atoms. The summed E-state index contributed by atoms with van der Waals surface area (Å²) < 4.78 is 32.1. The lowest BCUT2D eigenvalue weighted by molar-refractivity contribution is -0.129. The van der Waals surface area contributed by atoms with Crippen LogP contribution in [0.4, 0.5) is 20.3 Å². The fraction of sp³-hybridized carbons (Fsp3) is 0.385. The molecule has 0 aliphatic carbocycles. The van der Waals surface area contributed by atoms with Crippen molar-refractivity contribution in [2.24, 2.45) is 0 Å². The van der Waals surface area contributed by atoms with Crippen molar-refractivity contribution in [1.29, 1.82) is 0 Å². The van der Waals surface area contributed by atoms with Crippen LogP contribution in [0.5, 0.6) is 5.88 Å². The number of pyridine rings is 1. The summed E-state index contributed by atoms with van der Waals surface area (Å²) in [5.41, 5.74) is 2.68. The lowest BCUT2D eigenvalue weighted by Crippen LogP contribution is -2.48. The number of likely N-dealkylation sites (tertiary alicyclic amines) is 1. The maximum atomic E-state index is 13.3. The number of benzene rings is 1. The van der Waals surface area contributed by atoms with Gasteiger partial charge < -0.3 is 19.9 Å². The molecule has 1 aromatic carbocycles. The number of nitrogens with zero attached hydrogens (tertiary/aromatic N) is 5. The third-order valence-corrected chi connectivity index (χ3v) is 6.69. The van der Waals surface area contributed by atoms with E-state index in [4.69, 9.17) is 4.74 Å². The van der Waals surface area contributed by atoms with Crippen molar-refractivity contribution < 1.29 is 18.3 Å². The van der Waals surface area contributed by atoms with Gasteiger partial charge in [-0.3, -0.25) is 9.78 Å². The zero-order valence-electron chi connectivity index (χ0n) is 20.2. The van der Waals surface area contributed by atoms with Gasteiger partial charge in [-0.2, -0.15) is 8.78 Å². The molecule has 2 aliphatic rings. The van der Waals surface area contributed by atoms with Gasteiger partial charge in [0.25, 0.3) is 5.92 Å². The molecule has 0 saturated carbocycles. The minimum absolute atomic E-state index is 0.155. The number of ether oxygens (including phenoxy) is 1. The normalized spacial score (nSPS) is 19.0. The SMILES string of the molecule is CC(=O)N1CC2CC1CN2c1ccc(CNc2ccc(OCc3ccc(C(C)(F)F)nc3)nn2)cc1. The molecule has 2 bridgehead atoms. The third-order valence-electron chi connectivity index (χ3n) is 6.69. The fourth-order valence-corrected chi connectivity index (χ4v) is 4.78. The Morgan fingerprint density at radius 2 is 1.83 bits per heavy atom. The van der Waals surface area contributed by atoms with Crippen LogP contribution >= 0.6 is 0 Å². The van der Waals surface area contributed by atoms with Crippen LogP contribution in [0.15, 0.2) is 54.7 Å². The number of piperazine rings is 1. The van der Waals surface area contributed by atoms with Crippen LogP contribution in [0.25, 0.3) is 0 Å². The minimum atomic E-state index is -2.97. The number of nitrogens with one attached hydrogen (secondary N) is 1. The van der Waals surface area contributed by atoms with Crippen LogP contribution in [-0.2, 0) is 23.9 Å². The molecule has 1 N–H and O–H groups in total. The molecule has 0 radical (unpaired) electrons. The highest BCUT2D eigenvalue weighted by molar-refractivity contribution is 5.75. The predicted molar refractivity (Wildman–Crippen MR) is 131 cm³/mol. The van der Waals surface area contributed by atoms with E-state index in [2.05, 4.69) is 49.7 Å². The Kier molecular flexibility index (Phi) is 6.42. The molecule has 10 heteroatoms. The Morgan fingerprint density at radius 3 is 2.42 bits per heavy atom. The summed E-state index contributed by atoms with van der Waals surface area (Å²) >= 11 is 0. The Morgan fingerprint density at radius 1 is 1.06 bits per heavy atom. The highest BCUT2D eigenvalue weighted by Gasteiger charge is 2.44. The van der Waals surface area contributed by atoms with Crippen LogP contribution in [0.1, 0.15) is 37.1 Å². The number of hydrogen-bond acceptors (Lipinski definition) is 7. The van der Waals surface area contributed by atoms with E-state index in [0.717, 1.165) is 32.0 Å². The number of anilines is 2. The van der Waals surface area contributed by atoms with Gasteiger partial charge in [0, 0.05) is 63.0 Å². The highest BCUT2D eigenvalue weighted by Crippen LogP contribution is 2.34. The summed E-state index contributed by atoms with van der Waals surface area (Å²) in [7, 11) is 0. The summed E-state index contributed by atoms with van der Waals surface area (Å²) in [6.07, 6.45) is 2.42. The van der Waals surface area contributed by atoms with E-state index in [9.17, 15) is 13.6 Å². The molecule has 5 rings (SSSR count). The first-order valence-corrected chi connectivity index (χ1v) is 11.9. The summed E-state index contributed by atoms with van der Waals surface area (Å²) in [5.74, 6) is -1.86. The number of rotatable bonds is 8. The van der Waals surface area contributed by atoms with Crippen molar-refractivity contribution in [2.75, 3.05) is 23.3 Å². The maximum absolute atomic E-state index is 13.3. The zero-order valence-corrected chi connectivity index (χ0v) is 20.2. The van der Waals surface area contributed by atoms with E-state index in [0.29, 0.717) is 35.9 Å². The average molecular weight is 495 g/mol. The molecular weight excluding hydrogens is 466 g/mol. The number of carbonyl (C=O) groups excluding carboxylic acids is 1. The molecule has 188 valence electrons. The second kappa shape index (κ2) is 9.67. The van der Waals surface area contributed by atoms with Gasteiger partial charge in [0.1, 0.15) is 18.1 Å². The Labute approximate surface area is 208 Å². The van der Waals surface area contributed by atoms with Crippen molar-refractivity contribution in [3.8, 4) is 5.88 Å². The smallest absolute Gasteiger partial charge is 0.286 e. The fourth-order valence-electron chi connectivity index (χ4n) is 4.78. The molecule has 36 heavy (non-hydrogen) atoms. The molecular formula is C26H28F2N6O2. The molecule has 2 unspecified atom stereocenters. The zero-order chi connectivity index (χ0) is 25.3. The summed E-state index contributed by atoms with van der Waals surface area (Å²) in [5, 5.41) is 11.4. The van der Waals surface area contributed by atoms with E-state index in [1.165, 1.54) is 18.0 Å². The van der Waals surface area contributed by atoms with Gasteiger partial charge >= 0.3 is 0 Å². The second-order valence-electron chi connectivity index (χ2n) is 9.37. The lowest BCUT2D eigenvalue weighted by atomic mass is 10.1. The van der Waals surface area contributed by atoms with E-state index in [-0.39, 0.29) is 18.2 Å². The van der Waals surface area contributed by atoms with Crippen LogP contribution < -0.4 is 15.0 Å². The summed E-state index contributed by atoms with van der Waals surface area (Å²) in [6, 6.07) is 15.5. The predicted octanol–water partition coefficient (Wildman–Crippen LogP) is 3.98. The molecule has 4 heterocycles. The van der Waals surface area contributed by atoms with Crippen LogP contribution in [0.3, 0.4) is 0 Å².